The average Bonchev–Trinajstić information content (AvgIpc) is 3.10. The maximum absolute atomic E-state index is 13.0. The van der Waals surface area contributed by atoms with Crippen LogP contribution in [-0.4, -0.2) is 36.8 Å². The first-order valence-electron chi connectivity index (χ1n) is 10.7. The third-order valence-electron chi connectivity index (χ3n) is 5.11. The number of anilines is 3. The third kappa shape index (κ3) is 6.39. The van der Waals surface area contributed by atoms with Gasteiger partial charge in [-0.15, -0.1) is 0 Å². The Morgan fingerprint density at radius 3 is 2.31 bits per heavy atom. The largest absolute Gasteiger partial charge is 0.484 e. The number of hydrogen-bond donors (Lipinski definition) is 1. The van der Waals surface area contributed by atoms with Crippen molar-refractivity contribution in [3.05, 3.63) is 87.2 Å². The predicted octanol–water partition coefficient (Wildman–Crippen LogP) is 6.48. The zero-order valence-corrected chi connectivity index (χ0v) is 22.5. The Hall–Kier alpha value is -3.04. The van der Waals surface area contributed by atoms with Gasteiger partial charge in [-0.3, -0.25) is 14.5 Å². The number of thioether (sulfide) groups is 1. The van der Waals surface area contributed by atoms with Crippen LogP contribution in [0.3, 0.4) is 0 Å². The highest BCUT2D eigenvalue weighted by Gasteiger charge is 2.33. The Balaban J connectivity index is 1.37. The molecule has 1 aliphatic heterocycles. The summed E-state index contributed by atoms with van der Waals surface area (Å²) in [6.45, 7) is -0.186. The van der Waals surface area contributed by atoms with Crippen molar-refractivity contribution >= 4 is 86.5 Å². The molecule has 0 spiro atoms. The highest BCUT2D eigenvalue weighted by Crippen LogP contribution is 2.36. The van der Waals surface area contributed by atoms with E-state index in [0.717, 1.165) is 16.9 Å². The van der Waals surface area contributed by atoms with Crippen LogP contribution in [0.1, 0.15) is 5.56 Å². The molecule has 2 amide bonds. The van der Waals surface area contributed by atoms with Gasteiger partial charge in [0.25, 0.3) is 11.8 Å². The van der Waals surface area contributed by atoms with Crippen molar-refractivity contribution in [2.24, 2.45) is 0 Å². The molecule has 0 radical (unpaired) electrons. The van der Waals surface area contributed by atoms with E-state index in [-0.39, 0.29) is 18.4 Å². The normalized spacial score (nSPS) is 14.3. The second kappa shape index (κ2) is 11.3. The van der Waals surface area contributed by atoms with E-state index >= 15 is 0 Å². The molecule has 184 valence electrons. The first kappa shape index (κ1) is 26.0. The number of carbonyl (C=O) groups is 2. The van der Waals surface area contributed by atoms with Crippen LogP contribution < -0.4 is 19.9 Å². The molecule has 4 rings (SSSR count). The molecule has 36 heavy (non-hydrogen) atoms. The molecule has 1 heterocycles. The minimum Gasteiger partial charge on any atom is -0.484 e. The lowest BCUT2D eigenvalue weighted by molar-refractivity contribution is -0.118. The molecule has 1 aliphatic rings. The standard InChI is InChI=1S/C26H21Cl2N3O3S2/c1-30(2)20-5-7-21(8-6-20)31-25(33)23(36-26(31)35)11-16-3-9-22(10-4-16)34-15-24(32)29-19-13-17(27)12-18(28)14-19/h3-14H,15H2,1-2H3,(H,29,32)/b23-11-. The third-order valence-corrected chi connectivity index (χ3v) is 6.85. The van der Waals surface area contributed by atoms with Crippen LogP contribution in [-0.2, 0) is 9.59 Å². The molecule has 6 nitrogen and oxygen atoms in total. The highest BCUT2D eigenvalue weighted by atomic mass is 35.5. The summed E-state index contributed by atoms with van der Waals surface area (Å²) in [5, 5.41) is 3.54. The maximum atomic E-state index is 13.0. The SMILES string of the molecule is CN(C)c1ccc(N2C(=O)/C(=C/c3ccc(OCC(=O)Nc4cc(Cl)cc(Cl)c4)cc3)SC2=S)cc1. The molecular weight excluding hydrogens is 537 g/mol. The molecule has 10 heteroatoms. The zero-order valence-electron chi connectivity index (χ0n) is 19.3. The lowest BCUT2D eigenvalue weighted by Gasteiger charge is -2.17. The number of nitrogens with one attached hydrogen (secondary N) is 1. The van der Waals surface area contributed by atoms with Gasteiger partial charge in [-0.2, -0.15) is 0 Å². The Morgan fingerprint density at radius 2 is 1.69 bits per heavy atom. The Labute approximate surface area is 228 Å². The van der Waals surface area contributed by atoms with Crippen LogP contribution >= 0.6 is 47.2 Å². The molecule has 1 saturated heterocycles. The Morgan fingerprint density at radius 1 is 1.06 bits per heavy atom. The number of benzene rings is 3. The number of halogens is 2. The molecular formula is C26H21Cl2N3O3S2. The summed E-state index contributed by atoms with van der Waals surface area (Å²) < 4.78 is 6.04. The van der Waals surface area contributed by atoms with Gasteiger partial charge in [0.15, 0.2) is 10.9 Å². The second-order valence-electron chi connectivity index (χ2n) is 7.99. The molecule has 0 atom stereocenters. The summed E-state index contributed by atoms with van der Waals surface area (Å²) in [4.78, 5) is 29.3. The lowest BCUT2D eigenvalue weighted by atomic mass is 10.2. The second-order valence-corrected chi connectivity index (χ2v) is 10.5. The lowest BCUT2D eigenvalue weighted by Crippen LogP contribution is -2.27. The van der Waals surface area contributed by atoms with E-state index in [2.05, 4.69) is 5.32 Å². The van der Waals surface area contributed by atoms with E-state index in [1.807, 2.05) is 55.4 Å². The first-order valence-corrected chi connectivity index (χ1v) is 12.7. The molecule has 1 fully saturated rings. The van der Waals surface area contributed by atoms with Gasteiger partial charge in [0, 0.05) is 35.5 Å². The minimum absolute atomic E-state index is 0.166. The topological polar surface area (TPSA) is 61.9 Å². The summed E-state index contributed by atoms with van der Waals surface area (Å²) in [5.74, 6) is 0.000347. The summed E-state index contributed by atoms with van der Waals surface area (Å²) in [7, 11) is 3.92. The van der Waals surface area contributed by atoms with Crippen molar-refractivity contribution in [3.8, 4) is 5.75 Å². The number of nitrogens with zero attached hydrogens (tertiary/aromatic N) is 2. The maximum Gasteiger partial charge on any atom is 0.270 e. The van der Waals surface area contributed by atoms with Gasteiger partial charge >= 0.3 is 0 Å². The molecule has 3 aromatic rings. The van der Waals surface area contributed by atoms with Crippen molar-refractivity contribution < 1.29 is 14.3 Å². The fourth-order valence-corrected chi connectivity index (χ4v) is 5.20. The van der Waals surface area contributed by atoms with Gasteiger partial charge in [-0.25, -0.2) is 0 Å². The fourth-order valence-electron chi connectivity index (χ4n) is 3.37. The van der Waals surface area contributed by atoms with Crippen LogP contribution in [0.25, 0.3) is 6.08 Å². The Kier molecular flexibility index (Phi) is 8.21. The van der Waals surface area contributed by atoms with Gasteiger partial charge in [-0.05, 0) is 66.2 Å². The number of carbonyl (C=O) groups excluding carboxylic acids is 2. The van der Waals surface area contributed by atoms with E-state index in [1.54, 1.807) is 36.4 Å². The van der Waals surface area contributed by atoms with Gasteiger partial charge in [0.05, 0.1) is 10.6 Å². The van der Waals surface area contributed by atoms with Crippen molar-refractivity contribution in [2.75, 3.05) is 35.8 Å². The zero-order chi connectivity index (χ0) is 25.8. The van der Waals surface area contributed by atoms with E-state index in [0.29, 0.717) is 30.7 Å². The van der Waals surface area contributed by atoms with Crippen molar-refractivity contribution in [3.63, 3.8) is 0 Å². The van der Waals surface area contributed by atoms with Crippen LogP contribution in [0.4, 0.5) is 17.1 Å². The number of amides is 2. The van der Waals surface area contributed by atoms with Crippen LogP contribution in [0, 0.1) is 0 Å². The predicted molar refractivity (Wildman–Crippen MR) is 153 cm³/mol. The molecule has 0 saturated carbocycles. The molecule has 0 unspecified atom stereocenters. The summed E-state index contributed by atoms with van der Waals surface area (Å²) in [5.41, 5.74) is 3.06. The quantitative estimate of drug-likeness (QED) is 0.265. The van der Waals surface area contributed by atoms with E-state index in [9.17, 15) is 9.59 Å². The highest BCUT2D eigenvalue weighted by molar-refractivity contribution is 8.27. The first-order chi connectivity index (χ1) is 17.2. The van der Waals surface area contributed by atoms with Crippen molar-refractivity contribution in [1.29, 1.82) is 0 Å². The summed E-state index contributed by atoms with van der Waals surface area (Å²) in [6, 6.07) is 19.5. The molecule has 1 N–H and O–H groups in total. The van der Waals surface area contributed by atoms with E-state index in [4.69, 9.17) is 40.2 Å². The minimum atomic E-state index is -0.348. The van der Waals surface area contributed by atoms with E-state index < -0.39 is 0 Å². The molecule has 3 aromatic carbocycles. The number of thiocarbonyl (C=S) groups is 1. The smallest absolute Gasteiger partial charge is 0.270 e. The van der Waals surface area contributed by atoms with E-state index in [1.165, 1.54) is 16.7 Å². The van der Waals surface area contributed by atoms with Gasteiger partial charge in [0.2, 0.25) is 0 Å². The van der Waals surface area contributed by atoms with Crippen molar-refractivity contribution in [2.45, 2.75) is 0 Å². The summed E-state index contributed by atoms with van der Waals surface area (Å²) >= 11 is 18.6. The molecule has 0 bridgehead atoms. The number of rotatable bonds is 7. The van der Waals surface area contributed by atoms with Crippen LogP contribution in [0.5, 0.6) is 5.75 Å². The van der Waals surface area contributed by atoms with Gasteiger partial charge < -0.3 is 15.0 Å². The fraction of sp³-hybridized carbons (Fsp3) is 0.115. The van der Waals surface area contributed by atoms with Gasteiger partial charge in [0.1, 0.15) is 5.75 Å². The molecule has 0 aromatic heterocycles. The Bertz CT molecular complexity index is 1320. The van der Waals surface area contributed by atoms with Gasteiger partial charge in [-0.1, -0.05) is 59.3 Å². The van der Waals surface area contributed by atoms with Crippen LogP contribution in [0.2, 0.25) is 10.0 Å². The van der Waals surface area contributed by atoms with Crippen molar-refractivity contribution in [1.82, 2.24) is 0 Å². The monoisotopic (exact) mass is 557 g/mol. The molecule has 0 aliphatic carbocycles. The van der Waals surface area contributed by atoms with Crippen LogP contribution in [0.15, 0.2) is 71.6 Å². The number of hydrogen-bond acceptors (Lipinski definition) is 6. The summed E-state index contributed by atoms with van der Waals surface area (Å²) in [6.07, 6.45) is 1.78. The average molecular weight is 559 g/mol. The number of ether oxygens (including phenoxy) is 1.